The van der Waals surface area contributed by atoms with Crippen molar-refractivity contribution in [3.05, 3.63) is 52.8 Å². The third-order valence-electron chi connectivity index (χ3n) is 3.79. The highest BCUT2D eigenvalue weighted by Gasteiger charge is 2.08. The molecule has 0 saturated carbocycles. The molecule has 0 radical (unpaired) electrons. The van der Waals surface area contributed by atoms with Crippen molar-refractivity contribution >= 4 is 23.6 Å². The predicted molar refractivity (Wildman–Crippen MR) is 113 cm³/mol. The molecular formula is C21H28N4O3S. The van der Waals surface area contributed by atoms with E-state index in [4.69, 9.17) is 4.74 Å². The Morgan fingerprint density at radius 3 is 2.34 bits per heavy atom. The van der Waals surface area contributed by atoms with E-state index in [2.05, 4.69) is 20.8 Å². The van der Waals surface area contributed by atoms with Crippen LogP contribution >= 0.6 is 11.8 Å². The summed E-state index contributed by atoms with van der Waals surface area (Å²) in [4.78, 5) is 32.7. The van der Waals surface area contributed by atoms with Crippen LogP contribution in [0, 0.1) is 19.8 Å². The van der Waals surface area contributed by atoms with Crippen LogP contribution in [-0.2, 0) is 15.3 Å². The lowest BCUT2D eigenvalue weighted by Gasteiger charge is -2.09. The van der Waals surface area contributed by atoms with Crippen molar-refractivity contribution in [2.24, 2.45) is 5.92 Å². The Hall–Kier alpha value is -2.45. The smallest absolute Gasteiger partial charge is 0.269 e. The fraction of sp³-hybridized carbons (Fsp3) is 0.429. The first-order valence-electron chi connectivity index (χ1n) is 9.54. The number of hydrazine groups is 1. The van der Waals surface area contributed by atoms with E-state index in [1.807, 2.05) is 45.9 Å². The van der Waals surface area contributed by atoms with Crippen molar-refractivity contribution in [1.82, 2.24) is 20.8 Å². The second-order valence-electron chi connectivity index (χ2n) is 7.14. The van der Waals surface area contributed by atoms with Crippen LogP contribution in [0.25, 0.3) is 0 Å². The van der Waals surface area contributed by atoms with Gasteiger partial charge in [0, 0.05) is 29.3 Å². The van der Waals surface area contributed by atoms with Crippen LogP contribution in [0.15, 0.2) is 35.5 Å². The molecule has 8 heteroatoms. The average Bonchev–Trinajstić information content (AvgIpc) is 2.67. The van der Waals surface area contributed by atoms with E-state index >= 15 is 0 Å². The summed E-state index contributed by atoms with van der Waals surface area (Å²) in [7, 11) is 0. The van der Waals surface area contributed by atoms with Crippen molar-refractivity contribution in [2.45, 2.75) is 45.0 Å². The summed E-state index contributed by atoms with van der Waals surface area (Å²) in [6.07, 6.45) is 0.198. The number of hydrogen-bond acceptors (Lipinski definition) is 6. The Balaban J connectivity index is 1.75. The molecule has 0 spiro atoms. The van der Waals surface area contributed by atoms with E-state index in [0.29, 0.717) is 30.4 Å². The fourth-order valence-electron chi connectivity index (χ4n) is 2.40. The molecule has 0 unspecified atom stereocenters. The van der Waals surface area contributed by atoms with Crippen LogP contribution in [0.5, 0.6) is 0 Å². The SMILES string of the molecule is Cc1cc(C)nc(SCc2ccc(C(=O)NNC(=O)CCOCC(C)C)cc2)n1. The largest absolute Gasteiger partial charge is 0.381 e. The zero-order chi connectivity index (χ0) is 21.2. The Bertz CT molecular complexity index is 805. The van der Waals surface area contributed by atoms with E-state index in [1.54, 1.807) is 23.9 Å². The number of benzene rings is 1. The van der Waals surface area contributed by atoms with Gasteiger partial charge in [0.05, 0.1) is 13.0 Å². The summed E-state index contributed by atoms with van der Waals surface area (Å²) in [5.41, 5.74) is 8.24. The summed E-state index contributed by atoms with van der Waals surface area (Å²) in [6.45, 7) is 8.92. The van der Waals surface area contributed by atoms with E-state index in [9.17, 15) is 9.59 Å². The molecule has 7 nitrogen and oxygen atoms in total. The maximum atomic E-state index is 12.2. The van der Waals surface area contributed by atoms with Crippen molar-refractivity contribution in [3.63, 3.8) is 0 Å². The molecule has 0 fully saturated rings. The maximum Gasteiger partial charge on any atom is 0.269 e. The molecule has 2 amide bonds. The quantitative estimate of drug-likeness (QED) is 0.282. The monoisotopic (exact) mass is 416 g/mol. The number of aryl methyl sites for hydroxylation is 2. The molecule has 0 bridgehead atoms. The molecule has 1 heterocycles. The Labute approximate surface area is 176 Å². The number of nitrogens with one attached hydrogen (secondary N) is 2. The zero-order valence-corrected chi connectivity index (χ0v) is 18.1. The number of hydrogen-bond donors (Lipinski definition) is 2. The van der Waals surface area contributed by atoms with Crippen molar-refractivity contribution in [3.8, 4) is 0 Å². The molecule has 1 aromatic carbocycles. The molecule has 0 atom stereocenters. The number of nitrogens with zero attached hydrogens (tertiary/aromatic N) is 2. The second-order valence-corrected chi connectivity index (χ2v) is 8.08. The number of ether oxygens (including phenoxy) is 1. The van der Waals surface area contributed by atoms with E-state index in [0.717, 1.165) is 22.1 Å². The summed E-state index contributed by atoms with van der Waals surface area (Å²) in [6, 6.07) is 9.16. The number of amides is 2. The summed E-state index contributed by atoms with van der Waals surface area (Å²) >= 11 is 1.55. The van der Waals surface area contributed by atoms with Crippen molar-refractivity contribution in [1.29, 1.82) is 0 Å². The van der Waals surface area contributed by atoms with Crippen LogP contribution in [0.2, 0.25) is 0 Å². The van der Waals surface area contributed by atoms with E-state index < -0.39 is 0 Å². The lowest BCUT2D eigenvalue weighted by atomic mass is 10.1. The van der Waals surface area contributed by atoms with Gasteiger partial charge in [-0.25, -0.2) is 9.97 Å². The topological polar surface area (TPSA) is 93.2 Å². The first-order chi connectivity index (χ1) is 13.8. The van der Waals surface area contributed by atoms with Crippen LogP contribution in [0.1, 0.15) is 47.6 Å². The number of carbonyl (C=O) groups is 2. The molecule has 2 N–H and O–H groups in total. The average molecular weight is 417 g/mol. The zero-order valence-electron chi connectivity index (χ0n) is 17.3. The second kappa shape index (κ2) is 11.5. The standard InChI is InChI=1S/C21H28N4O3S/c1-14(2)12-28-10-9-19(26)24-25-20(27)18-7-5-17(6-8-18)13-29-21-22-15(3)11-16(4)23-21/h5-8,11,14H,9-10,12-13H2,1-4H3,(H,24,26)(H,25,27). The van der Waals surface area contributed by atoms with Crippen LogP contribution in [-0.4, -0.2) is 35.0 Å². The molecule has 0 saturated heterocycles. The lowest BCUT2D eigenvalue weighted by molar-refractivity contribution is -0.123. The molecule has 0 aliphatic rings. The summed E-state index contributed by atoms with van der Waals surface area (Å²) in [5, 5.41) is 0.740. The highest BCUT2D eigenvalue weighted by Crippen LogP contribution is 2.20. The third kappa shape index (κ3) is 8.62. The molecule has 2 aromatic rings. The first kappa shape index (κ1) is 22.8. The van der Waals surface area contributed by atoms with Gasteiger partial charge in [-0.1, -0.05) is 37.7 Å². The molecule has 156 valence electrons. The van der Waals surface area contributed by atoms with Crippen LogP contribution in [0.3, 0.4) is 0 Å². The minimum Gasteiger partial charge on any atom is -0.381 e. The third-order valence-corrected chi connectivity index (χ3v) is 4.70. The van der Waals surface area contributed by atoms with Gasteiger partial charge in [-0.05, 0) is 43.5 Å². The number of carbonyl (C=O) groups excluding carboxylic acids is 2. The van der Waals surface area contributed by atoms with Gasteiger partial charge in [0.1, 0.15) is 0 Å². The molecule has 0 aliphatic carbocycles. The highest BCUT2D eigenvalue weighted by atomic mass is 32.2. The number of thioether (sulfide) groups is 1. The Morgan fingerprint density at radius 1 is 1.07 bits per heavy atom. The Kier molecular flexibility index (Phi) is 9.08. The van der Waals surface area contributed by atoms with Crippen LogP contribution < -0.4 is 10.9 Å². The first-order valence-corrected chi connectivity index (χ1v) is 10.5. The number of aromatic nitrogens is 2. The molecule has 1 aromatic heterocycles. The predicted octanol–water partition coefficient (Wildman–Crippen LogP) is 3.21. The normalized spacial score (nSPS) is 10.8. The van der Waals surface area contributed by atoms with Gasteiger partial charge >= 0.3 is 0 Å². The minimum atomic E-state index is -0.363. The van der Waals surface area contributed by atoms with Gasteiger partial charge in [0.15, 0.2) is 5.16 Å². The van der Waals surface area contributed by atoms with Gasteiger partial charge in [0.2, 0.25) is 5.91 Å². The molecular weight excluding hydrogens is 388 g/mol. The van der Waals surface area contributed by atoms with Gasteiger partial charge < -0.3 is 4.74 Å². The summed E-state index contributed by atoms with van der Waals surface area (Å²) < 4.78 is 5.35. The highest BCUT2D eigenvalue weighted by molar-refractivity contribution is 7.98. The maximum absolute atomic E-state index is 12.2. The van der Waals surface area contributed by atoms with E-state index in [-0.39, 0.29) is 18.2 Å². The Morgan fingerprint density at radius 2 is 1.72 bits per heavy atom. The van der Waals surface area contributed by atoms with Gasteiger partial charge in [-0.15, -0.1) is 0 Å². The van der Waals surface area contributed by atoms with E-state index in [1.165, 1.54) is 0 Å². The molecule has 0 aliphatic heterocycles. The molecule has 29 heavy (non-hydrogen) atoms. The molecule has 2 rings (SSSR count). The van der Waals surface area contributed by atoms with Crippen molar-refractivity contribution < 1.29 is 14.3 Å². The van der Waals surface area contributed by atoms with Crippen molar-refractivity contribution in [2.75, 3.05) is 13.2 Å². The van der Waals surface area contributed by atoms with Gasteiger partial charge in [0.25, 0.3) is 5.91 Å². The van der Waals surface area contributed by atoms with Crippen LogP contribution in [0.4, 0.5) is 0 Å². The van der Waals surface area contributed by atoms with Gasteiger partial charge in [-0.3, -0.25) is 20.4 Å². The van der Waals surface area contributed by atoms with Gasteiger partial charge in [-0.2, -0.15) is 0 Å². The minimum absolute atomic E-state index is 0.198. The lowest BCUT2D eigenvalue weighted by Crippen LogP contribution is -2.42. The number of rotatable bonds is 9. The fourth-order valence-corrected chi connectivity index (χ4v) is 3.31. The summed E-state index contributed by atoms with van der Waals surface area (Å²) in [5.74, 6) is 0.479.